The number of aromatic carboxylic acids is 1. The van der Waals surface area contributed by atoms with E-state index in [0.29, 0.717) is 17.1 Å². The lowest BCUT2D eigenvalue weighted by atomic mass is 10.1. The second kappa shape index (κ2) is 5.80. The van der Waals surface area contributed by atoms with Gasteiger partial charge in [-0.2, -0.15) is 11.8 Å². The highest BCUT2D eigenvalue weighted by Crippen LogP contribution is 2.39. The maximum absolute atomic E-state index is 10.7. The Kier molecular flexibility index (Phi) is 4.35. The number of hydrogen-bond donors (Lipinski definition) is 2. The van der Waals surface area contributed by atoms with Crippen molar-refractivity contribution in [3.63, 3.8) is 0 Å². The van der Waals surface area contributed by atoms with Gasteiger partial charge in [-0.15, -0.1) is 0 Å². The fourth-order valence-electron chi connectivity index (χ4n) is 2.47. The highest BCUT2D eigenvalue weighted by atomic mass is 32.2. The van der Waals surface area contributed by atoms with Gasteiger partial charge >= 0.3 is 5.97 Å². The van der Waals surface area contributed by atoms with Crippen LogP contribution in [0.3, 0.4) is 0 Å². The van der Waals surface area contributed by atoms with Crippen LogP contribution >= 0.6 is 11.8 Å². The molecule has 1 aromatic rings. The van der Waals surface area contributed by atoms with Gasteiger partial charge in [0.25, 0.3) is 0 Å². The van der Waals surface area contributed by atoms with E-state index >= 15 is 0 Å². The monoisotopic (exact) mass is 269 g/mol. The van der Waals surface area contributed by atoms with E-state index in [9.17, 15) is 4.79 Å². The molecular formula is C13H19NO3S. The second-order valence-corrected chi connectivity index (χ2v) is 6.04. The molecule has 0 aliphatic heterocycles. The highest BCUT2D eigenvalue weighted by molar-refractivity contribution is 8.00. The molecule has 2 N–H and O–H groups in total. The Hall–Kier alpha value is -0.940. The Balaban J connectivity index is 1.82. The summed E-state index contributed by atoms with van der Waals surface area (Å²) in [6.07, 6.45) is 7.32. The molecule has 1 aliphatic carbocycles. The van der Waals surface area contributed by atoms with Gasteiger partial charge in [0.05, 0.1) is 6.54 Å². The van der Waals surface area contributed by atoms with Crippen LogP contribution in [0.4, 0.5) is 0 Å². The molecule has 0 radical (unpaired) electrons. The third kappa shape index (κ3) is 3.09. The summed E-state index contributed by atoms with van der Waals surface area (Å²) in [5.74, 6) is -0.327. The molecule has 0 unspecified atom stereocenters. The summed E-state index contributed by atoms with van der Waals surface area (Å²) in [5, 5.41) is 12.1. The zero-order valence-electron chi connectivity index (χ0n) is 10.6. The summed E-state index contributed by atoms with van der Waals surface area (Å²) in [6, 6.07) is 3.22. The van der Waals surface area contributed by atoms with Crippen LogP contribution < -0.4 is 5.32 Å². The molecule has 0 bridgehead atoms. The Morgan fingerprint density at radius 3 is 2.78 bits per heavy atom. The number of carboxylic acids is 1. The lowest BCUT2D eigenvalue weighted by molar-refractivity contribution is 0.0660. The van der Waals surface area contributed by atoms with Crippen molar-refractivity contribution in [1.82, 2.24) is 5.32 Å². The van der Waals surface area contributed by atoms with Crippen LogP contribution in [-0.2, 0) is 6.54 Å². The summed E-state index contributed by atoms with van der Waals surface area (Å²) in [6.45, 7) is 1.55. The minimum atomic E-state index is -1.02. The topological polar surface area (TPSA) is 62.5 Å². The van der Waals surface area contributed by atoms with E-state index in [2.05, 4.69) is 11.6 Å². The lowest BCUT2D eigenvalue weighted by Crippen LogP contribution is -2.34. The van der Waals surface area contributed by atoms with Crippen molar-refractivity contribution >= 4 is 17.7 Å². The summed E-state index contributed by atoms with van der Waals surface area (Å²) in [4.78, 5) is 10.7. The van der Waals surface area contributed by atoms with E-state index in [-0.39, 0.29) is 5.76 Å². The standard InChI is InChI=1S/C13H19NO3S/c1-18-13(6-2-3-7-13)9-14-8-10-4-5-11(17-10)12(15)16/h4-5,14H,2-3,6-9H2,1H3,(H,15,16). The van der Waals surface area contributed by atoms with Crippen LogP contribution in [0.5, 0.6) is 0 Å². The zero-order chi connectivity index (χ0) is 13.0. The van der Waals surface area contributed by atoms with Gasteiger partial charge < -0.3 is 14.8 Å². The molecule has 1 heterocycles. The minimum Gasteiger partial charge on any atom is -0.475 e. The first-order valence-corrected chi connectivity index (χ1v) is 7.46. The van der Waals surface area contributed by atoms with E-state index in [1.165, 1.54) is 31.7 Å². The molecule has 1 aliphatic rings. The molecule has 2 rings (SSSR count). The zero-order valence-corrected chi connectivity index (χ0v) is 11.4. The van der Waals surface area contributed by atoms with E-state index in [1.54, 1.807) is 6.07 Å². The predicted molar refractivity (Wildman–Crippen MR) is 72.1 cm³/mol. The third-order valence-corrected chi connectivity index (χ3v) is 4.99. The van der Waals surface area contributed by atoms with Crippen molar-refractivity contribution in [2.24, 2.45) is 0 Å². The number of carboxylic acid groups (broad SMARTS) is 1. The molecule has 0 aromatic carbocycles. The van der Waals surface area contributed by atoms with E-state index in [0.717, 1.165) is 6.54 Å². The quantitative estimate of drug-likeness (QED) is 0.831. The smallest absolute Gasteiger partial charge is 0.371 e. The van der Waals surface area contributed by atoms with Crippen LogP contribution in [0.2, 0.25) is 0 Å². The first kappa shape index (κ1) is 13.5. The van der Waals surface area contributed by atoms with Crippen molar-refractivity contribution in [3.05, 3.63) is 23.7 Å². The Bertz CT molecular complexity index is 410. The van der Waals surface area contributed by atoms with Gasteiger partial charge in [0.1, 0.15) is 5.76 Å². The number of thioether (sulfide) groups is 1. The van der Waals surface area contributed by atoms with Crippen molar-refractivity contribution in [2.75, 3.05) is 12.8 Å². The lowest BCUT2D eigenvalue weighted by Gasteiger charge is -2.26. The first-order chi connectivity index (χ1) is 8.65. The Labute approximate surface area is 111 Å². The molecule has 0 atom stereocenters. The third-order valence-electron chi connectivity index (χ3n) is 3.57. The highest BCUT2D eigenvalue weighted by Gasteiger charge is 2.32. The molecule has 100 valence electrons. The van der Waals surface area contributed by atoms with Gasteiger partial charge in [0.2, 0.25) is 5.76 Å². The minimum absolute atomic E-state index is 0.00671. The van der Waals surface area contributed by atoms with Crippen LogP contribution in [0.15, 0.2) is 16.5 Å². The largest absolute Gasteiger partial charge is 0.475 e. The molecule has 5 heteroatoms. The molecule has 1 fully saturated rings. The van der Waals surface area contributed by atoms with Gasteiger partial charge in [-0.25, -0.2) is 4.79 Å². The fraction of sp³-hybridized carbons (Fsp3) is 0.615. The first-order valence-electron chi connectivity index (χ1n) is 6.23. The summed E-state index contributed by atoms with van der Waals surface area (Å²) in [5.41, 5.74) is 0. The normalized spacial score (nSPS) is 18.1. The number of carbonyl (C=O) groups is 1. The second-order valence-electron chi connectivity index (χ2n) is 4.77. The van der Waals surface area contributed by atoms with Crippen LogP contribution in [0, 0.1) is 0 Å². The molecule has 1 saturated carbocycles. The van der Waals surface area contributed by atoms with Crippen molar-refractivity contribution in [1.29, 1.82) is 0 Å². The van der Waals surface area contributed by atoms with Gasteiger partial charge in [-0.05, 0) is 31.2 Å². The van der Waals surface area contributed by atoms with Gasteiger partial charge in [-0.1, -0.05) is 12.8 Å². The van der Waals surface area contributed by atoms with Crippen LogP contribution in [-0.4, -0.2) is 28.6 Å². The summed E-state index contributed by atoms with van der Waals surface area (Å²) < 4.78 is 5.57. The molecule has 0 amide bonds. The number of rotatable bonds is 6. The molecule has 0 saturated heterocycles. The summed E-state index contributed by atoms with van der Waals surface area (Å²) >= 11 is 1.94. The number of nitrogens with one attached hydrogen (secondary N) is 1. The molecule has 18 heavy (non-hydrogen) atoms. The van der Waals surface area contributed by atoms with Gasteiger partial charge in [0.15, 0.2) is 0 Å². The SMILES string of the molecule is CSC1(CNCc2ccc(C(=O)O)o2)CCCC1. The molecule has 1 aromatic heterocycles. The van der Waals surface area contributed by atoms with E-state index < -0.39 is 5.97 Å². The number of furan rings is 1. The van der Waals surface area contributed by atoms with E-state index in [1.807, 2.05) is 11.8 Å². The van der Waals surface area contributed by atoms with Crippen molar-refractivity contribution < 1.29 is 14.3 Å². The maximum atomic E-state index is 10.7. The van der Waals surface area contributed by atoms with Crippen LogP contribution in [0.1, 0.15) is 42.0 Å². The summed E-state index contributed by atoms with van der Waals surface area (Å²) in [7, 11) is 0. The molecule has 0 spiro atoms. The van der Waals surface area contributed by atoms with Gasteiger partial charge in [0, 0.05) is 11.3 Å². The van der Waals surface area contributed by atoms with Crippen molar-refractivity contribution in [3.8, 4) is 0 Å². The Morgan fingerprint density at radius 1 is 1.50 bits per heavy atom. The Morgan fingerprint density at radius 2 is 2.22 bits per heavy atom. The molecule has 4 nitrogen and oxygen atoms in total. The average molecular weight is 269 g/mol. The fourth-order valence-corrected chi connectivity index (χ4v) is 3.42. The van der Waals surface area contributed by atoms with E-state index in [4.69, 9.17) is 9.52 Å². The average Bonchev–Trinajstić information content (AvgIpc) is 2.98. The van der Waals surface area contributed by atoms with Gasteiger partial charge in [-0.3, -0.25) is 0 Å². The predicted octanol–water partition coefficient (Wildman–Crippen LogP) is 2.74. The van der Waals surface area contributed by atoms with Crippen molar-refractivity contribution in [2.45, 2.75) is 37.0 Å². The number of hydrogen-bond acceptors (Lipinski definition) is 4. The van der Waals surface area contributed by atoms with Crippen LogP contribution in [0.25, 0.3) is 0 Å². The maximum Gasteiger partial charge on any atom is 0.371 e. The molecular weight excluding hydrogens is 250 g/mol.